The number of aliphatic hydroxyl groups is 1. The second kappa shape index (κ2) is 8.39. The SMILES string of the molecule is CCCc1ccc(-c2ccc(C3Cc4ccc(C(C)O)c(F)c4OC3(F)F)cc2)cc1. The molecular weight excluding hydrogens is 401 g/mol. The number of halogens is 3. The topological polar surface area (TPSA) is 29.5 Å². The molecule has 0 fully saturated rings. The minimum atomic E-state index is -3.56. The van der Waals surface area contributed by atoms with Gasteiger partial charge in [0.25, 0.3) is 0 Å². The molecule has 0 aromatic heterocycles. The van der Waals surface area contributed by atoms with Gasteiger partial charge in [-0.15, -0.1) is 0 Å². The van der Waals surface area contributed by atoms with Gasteiger partial charge in [-0.25, -0.2) is 4.39 Å². The van der Waals surface area contributed by atoms with E-state index in [2.05, 4.69) is 19.1 Å². The molecule has 0 saturated carbocycles. The standard InChI is InChI=1S/C26H25F3O2/c1-3-4-17-5-7-18(8-6-17)19-9-11-20(12-10-19)23-15-21-13-14-22(16(2)30)24(27)25(21)31-26(23,28)29/h5-14,16,23,30H,3-4,15H2,1-2H3. The molecule has 2 nitrogen and oxygen atoms in total. The van der Waals surface area contributed by atoms with Crippen LogP contribution in [-0.4, -0.2) is 11.2 Å². The Morgan fingerprint density at radius 1 is 1.00 bits per heavy atom. The summed E-state index contributed by atoms with van der Waals surface area (Å²) in [5.74, 6) is -2.62. The molecule has 31 heavy (non-hydrogen) atoms. The number of hydrogen-bond acceptors (Lipinski definition) is 2. The molecule has 0 bridgehead atoms. The second-order valence-corrected chi connectivity index (χ2v) is 8.12. The molecule has 5 heteroatoms. The van der Waals surface area contributed by atoms with Crippen molar-refractivity contribution in [1.82, 2.24) is 0 Å². The maximum absolute atomic E-state index is 14.8. The van der Waals surface area contributed by atoms with E-state index >= 15 is 0 Å². The smallest absolute Gasteiger partial charge is 0.405 e. The van der Waals surface area contributed by atoms with Crippen LogP contribution in [0.5, 0.6) is 5.75 Å². The average molecular weight is 426 g/mol. The first-order chi connectivity index (χ1) is 14.8. The Morgan fingerprint density at radius 3 is 2.19 bits per heavy atom. The molecule has 4 rings (SSSR count). The highest BCUT2D eigenvalue weighted by molar-refractivity contribution is 5.64. The quantitative estimate of drug-likeness (QED) is 0.486. The maximum Gasteiger partial charge on any atom is 0.405 e. The molecule has 0 amide bonds. The number of alkyl halides is 2. The Balaban J connectivity index is 1.60. The van der Waals surface area contributed by atoms with E-state index in [-0.39, 0.29) is 12.0 Å². The van der Waals surface area contributed by atoms with Gasteiger partial charge in [0.15, 0.2) is 11.6 Å². The minimum Gasteiger partial charge on any atom is -0.429 e. The predicted octanol–water partition coefficient (Wildman–Crippen LogP) is 6.81. The zero-order valence-electron chi connectivity index (χ0n) is 17.5. The van der Waals surface area contributed by atoms with Crippen LogP contribution in [0.1, 0.15) is 54.5 Å². The van der Waals surface area contributed by atoms with Gasteiger partial charge in [0.05, 0.1) is 12.0 Å². The van der Waals surface area contributed by atoms with Crippen molar-refractivity contribution < 1.29 is 23.0 Å². The van der Waals surface area contributed by atoms with Crippen LogP contribution >= 0.6 is 0 Å². The third-order valence-electron chi connectivity index (χ3n) is 5.87. The second-order valence-electron chi connectivity index (χ2n) is 8.12. The molecule has 2 unspecified atom stereocenters. The Labute approximate surface area is 180 Å². The van der Waals surface area contributed by atoms with Gasteiger partial charge in [-0.1, -0.05) is 74.0 Å². The first kappa shape index (κ1) is 21.4. The van der Waals surface area contributed by atoms with Crippen molar-refractivity contribution in [3.63, 3.8) is 0 Å². The van der Waals surface area contributed by atoms with Crippen molar-refractivity contribution in [2.24, 2.45) is 0 Å². The Morgan fingerprint density at radius 2 is 1.61 bits per heavy atom. The lowest BCUT2D eigenvalue weighted by Crippen LogP contribution is -2.38. The predicted molar refractivity (Wildman–Crippen MR) is 115 cm³/mol. The average Bonchev–Trinajstić information content (AvgIpc) is 2.74. The molecule has 2 atom stereocenters. The lowest BCUT2D eigenvalue weighted by molar-refractivity contribution is -0.203. The fourth-order valence-electron chi connectivity index (χ4n) is 4.12. The van der Waals surface area contributed by atoms with E-state index in [0.29, 0.717) is 11.1 Å². The molecule has 0 radical (unpaired) electrons. The van der Waals surface area contributed by atoms with E-state index in [1.807, 2.05) is 24.3 Å². The van der Waals surface area contributed by atoms with Crippen molar-refractivity contribution in [1.29, 1.82) is 0 Å². The molecule has 0 spiro atoms. The van der Waals surface area contributed by atoms with E-state index in [1.54, 1.807) is 18.2 Å². The van der Waals surface area contributed by atoms with Crippen LogP contribution in [-0.2, 0) is 12.8 Å². The van der Waals surface area contributed by atoms with Crippen molar-refractivity contribution in [3.05, 3.63) is 88.7 Å². The van der Waals surface area contributed by atoms with Crippen LogP contribution in [0, 0.1) is 5.82 Å². The molecule has 162 valence electrons. The molecule has 0 aliphatic carbocycles. The van der Waals surface area contributed by atoms with E-state index in [1.165, 1.54) is 18.6 Å². The van der Waals surface area contributed by atoms with Crippen molar-refractivity contribution in [3.8, 4) is 16.9 Å². The summed E-state index contributed by atoms with van der Waals surface area (Å²) in [6.45, 7) is 3.52. The number of hydrogen-bond donors (Lipinski definition) is 1. The number of ether oxygens (including phenoxy) is 1. The van der Waals surface area contributed by atoms with Crippen LogP contribution in [0.4, 0.5) is 13.2 Å². The number of fused-ring (bicyclic) bond motifs is 1. The summed E-state index contributed by atoms with van der Waals surface area (Å²) in [5.41, 5.74) is 3.99. The number of aryl methyl sites for hydroxylation is 1. The first-order valence-corrected chi connectivity index (χ1v) is 10.6. The Kier molecular flexibility index (Phi) is 5.80. The van der Waals surface area contributed by atoms with Crippen molar-refractivity contribution in [2.75, 3.05) is 0 Å². The molecule has 1 N–H and O–H groups in total. The highest BCUT2D eigenvalue weighted by Gasteiger charge is 2.48. The summed E-state index contributed by atoms with van der Waals surface area (Å²) in [7, 11) is 0. The van der Waals surface area contributed by atoms with Gasteiger partial charge in [0, 0.05) is 5.56 Å². The monoisotopic (exact) mass is 426 g/mol. The zero-order chi connectivity index (χ0) is 22.2. The van der Waals surface area contributed by atoms with E-state index in [0.717, 1.165) is 24.0 Å². The van der Waals surface area contributed by atoms with Crippen LogP contribution in [0.25, 0.3) is 11.1 Å². The molecular formula is C26H25F3O2. The highest BCUT2D eigenvalue weighted by atomic mass is 19.3. The van der Waals surface area contributed by atoms with Crippen molar-refractivity contribution >= 4 is 0 Å². The van der Waals surface area contributed by atoms with E-state index in [4.69, 9.17) is 4.74 Å². The van der Waals surface area contributed by atoms with Gasteiger partial charge < -0.3 is 9.84 Å². The van der Waals surface area contributed by atoms with E-state index < -0.39 is 29.7 Å². The summed E-state index contributed by atoms with van der Waals surface area (Å²) in [4.78, 5) is 0. The Bertz CT molecular complexity index is 1060. The summed E-state index contributed by atoms with van der Waals surface area (Å²) in [6.07, 6.45) is -2.61. The summed E-state index contributed by atoms with van der Waals surface area (Å²) < 4.78 is 49.1. The molecule has 0 saturated heterocycles. The third-order valence-corrected chi connectivity index (χ3v) is 5.87. The fraction of sp³-hybridized carbons (Fsp3) is 0.308. The lowest BCUT2D eigenvalue weighted by atomic mass is 9.87. The highest BCUT2D eigenvalue weighted by Crippen LogP contribution is 2.46. The number of benzene rings is 3. The van der Waals surface area contributed by atoms with Crippen LogP contribution < -0.4 is 4.74 Å². The molecule has 3 aromatic carbocycles. The minimum absolute atomic E-state index is 0.0512. The van der Waals surface area contributed by atoms with Gasteiger partial charge in [0.1, 0.15) is 0 Å². The third kappa shape index (κ3) is 4.19. The van der Waals surface area contributed by atoms with Gasteiger partial charge >= 0.3 is 6.11 Å². The molecule has 1 heterocycles. The fourth-order valence-corrected chi connectivity index (χ4v) is 4.12. The summed E-state index contributed by atoms with van der Waals surface area (Å²) in [5, 5.41) is 9.64. The van der Waals surface area contributed by atoms with Gasteiger partial charge in [-0.3, -0.25) is 0 Å². The summed E-state index contributed by atoms with van der Waals surface area (Å²) >= 11 is 0. The first-order valence-electron chi connectivity index (χ1n) is 10.6. The van der Waals surface area contributed by atoms with Gasteiger partial charge in [0.2, 0.25) is 0 Å². The van der Waals surface area contributed by atoms with Crippen molar-refractivity contribution in [2.45, 2.75) is 51.2 Å². The molecule has 1 aliphatic rings. The van der Waals surface area contributed by atoms with E-state index in [9.17, 15) is 18.3 Å². The van der Waals surface area contributed by atoms with Crippen LogP contribution in [0.2, 0.25) is 0 Å². The normalized spacial score (nSPS) is 18.2. The molecule has 1 aliphatic heterocycles. The lowest BCUT2D eigenvalue weighted by Gasteiger charge is -2.33. The van der Waals surface area contributed by atoms with Gasteiger partial charge in [-0.05, 0) is 47.6 Å². The zero-order valence-corrected chi connectivity index (χ0v) is 17.5. The molecule has 3 aromatic rings. The van der Waals surface area contributed by atoms with Crippen LogP contribution in [0.3, 0.4) is 0 Å². The Hall–Kier alpha value is -2.79. The van der Waals surface area contributed by atoms with Gasteiger partial charge in [-0.2, -0.15) is 8.78 Å². The largest absolute Gasteiger partial charge is 0.429 e. The number of rotatable bonds is 5. The summed E-state index contributed by atoms with van der Waals surface area (Å²) in [6, 6.07) is 18.2. The number of aliphatic hydroxyl groups excluding tert-OH is 1. The van der Waals surface area contributed by atoms with Crippen LogP contribution in [0.15, 0.2) is 60.7 Å². The maximum atomic E-state index is 14.8.